The second-order valence-corrected chi connectivity index (χ2v) is 8.02. The summed E-state index contributed by atoms with van der Waals surface area (Å²) in [4.78, 5) is 32.6. The van der Waals surface area contributed by atoms with Crippen LogP contribution in [-0.2, 0) is 4.79 Å². The van der Waals surface area contributed by atoms with Crippen LogP contribution in [-0.4, -0.2) is 15.8 Å². The van der Waals surface area contributed by atoms with E-state index in [0.717, 1.165) is 23.2 Å². The molecule has 0 amide bonds. The molecule has 0 saturated carbocycles. The number of benzene rings is 1. The number of nitrogens with two attached hydrogens (primary N) is 1. The Morgan fingerprint density at radius 1 is 1.15 bits per heavy atom. The highest BCUT2D eigenvalue weighted by Gasteiger charge is 2.42. The van der Waals surface area contributed by atoms with Crippen molar-refractivity contribution in [2.75, 3.05) is 11.1 Å². The van der Waals surface area contributed by atoms with Crippen molar-refractivity contribution in [3.05, 3.63) is 62.6 Å². The van der Waals surface area contributed by atoms with Gasteiger partial charge in [0.05, 0.1) is 5.56 Å². The maximum absolute atomic E-state index is 13.0. The van der Waals surface area contributed by atoms with Crippen molar-refractivity contribution in [1.82, 2.24) is 9.97 Å². The number of aromatic amines is 1. The molecule has 0 bridgehead atoms. The van der Waals surface area contributed by atoms with Crippen LogP contribution < -0.4 is 16.6 Å². The van der Waals surface area contributed by atoms with Crippen molar-refractivity contribution in [3.63, 3.8) is 0 Å². The quantitative estimate of drug-likeness (QED) is 0.734. The number of ketones is 1. The number of aromatic nitrogens is 2. The van der Waals surface area contributed by atoms with Gasteiger partial charge in [0.2, 0.25) is 5.95 Å². The largest absolute Gasteiger partial charge is 0.369 e. The molecule has 1 aromatic carbocycles. The molecule has 2 aromatic rings. The summed E-state index contributed by atoms with van der Waals surface area (Å²) in [6.07, 6.45) is 1.19. The third kappa shape index (κ3) is 2.62. The molecule has 0 radical (unpaired) electrons. The first-order valence-corrected chi connectivity index (χ1v) is 8.75. The molecule has 2 heterocycles. The van der Waals surface area contributed by atoms with Crippen molar-refractivity contribution in [2.24, 2.45) is 5.41 Å². The number of Topliss-reactive ketones (excluding diaryl/α,β-unsaturated/α-hetero) is 1. The summed E-state index contributed by atoms with van der Waals surface area (Å²) < 4.78 is 0. The highest BCUT2D eigenvalue weighted by atomic mass is 16.1. The fourth-order valence-corrected chi connectivity index (χ4v) is 4.02. The zero-order valence-corrected chi connectivity index (χ0v) is 15.1. The van der Waals surface area contributed by atoms with Gasteiger partial charge in [0, 0.05) is 23.6 Å². The van der Waals surface area contributed by atoms with Gasteiger partial charge >= 0.3 is 0 Å². The van der Waals surface area contributed by atoms with Crippen molar-refractivity contribution in [2.45, 2.75) is 39.5 Å². The standard InChI is InChI=1S/C20H22N4O2/c1-10-4-6-11(7-5-10)14-15-12(8-20(2,3)9-13(15)25)22-17-16(14)18(26)24-19(21)23-17/h4-7,14H,8-9H2,1-3H3,(H4,21,22,23,24,26)/t14-/m0/s1. The number of hydrogen-bond donors (Lipinski definition) is 3. The summed E-state index contributed by atoms with van der Waals surface area (Å²) in [6.45, 7) is 6.16. The van der Waals surface area contributed by atoms with E-state index in [2.05, 4.69) is 29.1 Å². The van der Waals surface area contributed by atoms with Gasteiger partial charge in [0.15, 0.2) is 5.78 Å². The van der Waals surface area contributed by atoms with Crippen LogP contribution in [0, 0.1) is 12.3 Å². The highest BCUT2D eigenvalue weighted by molar-refractivity contribution is 6.01. The van der Waals surface area contributed by atoms with E-state index in [0.29, 0.717) is 23.4 Å². The van der Waals surface area contributed by atoms with Crippen LogP contribution in [0.15, 0.2) is 40.3 Å². The Kier molecular flexibility index (Phi) is 3.54. The van der Waals surface area contributed by atoms with E-state index in [1.54, 1.807) is 0 Å². The lowest BCUT2D eigenvalue weighted by atomic mass is 9.69. The summed E-state index contributed by atoms with van der Waals surface area (Å²) in [5, 5.41) is 3.23. The second kappa shape index (κ2) is 5.56. The molecule has 1 atom stereocenters. The molecule has 1 aromatic heterocycles. The lowest BCUT2D eigenvalue weighted by molar-refractivity contribution is -0.118. The minimum absolute atomic E-state index is 0.0642. The van der Waals surface area contributed by atoms with E-state index in [-0.39, 0.29) is 22.7 Å². The van der Waals surface area contributed by atoms with Gasteiger partial charge in [-0.2, -0.15) is 4.98 Å². The van der Waals surface area contributed by atoms with E-state index < -0.39 is 5.92 Å². The van der Waals surface area contributed by atoms with Gasteiger partial charge in [-0.1, -0.05) is 43.7 Å². The number of fused-ring (bicyclic) bond motifs is 1. The topological polar surface area (TPSA) is 101 Å². The molecule has 4 N–H and O–H groups in total. The Hall–Kier alpha value is -2.89. The molecule has 6 heteroatoms. The summed E-state index contributed by atoms with van der Waals surface area (Å²) >= 11 is 0. The Morgan fingerprint density at radius 3 is 2.54 bits per heavy atom. The normalized spacial score (nSPS) is 21.0. The molecular weight excluding hydrogens is 328 g/mol. The molecule has 4 rings (SSSR count). The van der Waals surface area contributed by atoms with Crippen LogP contribution >= 0.6 is 0 Å². The van der Waals surface area contributed by atoms with Crippen LogP contribution in [0.25, 0.3) is 0 Å². The van der Waals surface area contributed by atoms with Crippen molar-refractivity contribution < 1.29 is 4.79 Å². The van der Waals surface area contributed by atoms with Gasteiger partial charge in [0.1, 0.15) is 5.82 Å². The van der Waals surface area contributed by atoms with E-state index in [9.17, 15) is 9.59 Å². The van der Waals surface area contributed by atoms with E-state index in [1.807, 2.05) is 31.2 Å². The van der Waals surface area contributed by atoms with Gasteiger partial charge in [0.25, 0.3) is 5.56 Å². The average molecular weight is 350 g/mol. The fraction of sp³-hybridized carbons (Fsp3) is 0.350. The maximum Gasteiger partial charge on any atom is 0.258 e. The lowest BCUT2D eigenvalue weighted by Crippen LogP contribution is -2.37. The average Bonchev–Trinajstić information content (AvgIpc) is 2.52. The van der Waals surface area contributed by atoms with E-state index >= 15 is 0 Å². The predicted octanol–water partition coefficient (Wildman–Crippen LogP) is 2.86. The number of H-pyrrole nitrogens is 1. The van der Waals surface area contributed by atoms with Gasteiger partial charge in [-0.05, 0) is 24.3 Å². The first-order chi connectivity index (χ1) is 12.2. The molecule has 2 aliphatic rings. The molecule has 1 aliphatic carbocycles. The minimum Gasteiger partial charge on any atom is -0.369 e. The Balaban J connectivity index is 1.99. The number of nitrogen functional groups attached to an aromatic ring is 1. The Labute approximate surface area is 151 Å². The minimum atomic E-state index is -0.428. The summed E-state index contributed by atoms with van der Waals surface area (Å²) in [5.41, 5.74) is 9.32. The van der Waals surface area contributed by atoms with Crippen LogP contribution in [0.5, 0.6) is 0 Å². The van der Waals surface area contributed by atoms with Gasteiger partial charge in [-0.25, -0.2) is 0 Å². The van der Waals surface area contributed by atoms with Crippen LogP contribution in [0.3, 0.4) is 0 Å². The monoisotopic (exact) mass is 350 g/mol. The molecule has 0 fully saturated rings. The molecular formula is C20H22N4O2. The Bertz CT molecular complexity index is 999. The molecule has 0 saturated heterocycles. The third-order valence-electron chi connectivity index (χ3n) is 5.15. The predicted molar refractivity (Wildman–Crippen MR) is 101 cm³/mol. The number of hydrogen-bond acceptors (Lipinski definition) is 5. The van der Waals surface area contributed by atoms with Crippen molar-refractivity contribution in [1.29, 1.82) is 0 Å². The van der Waals surface area contributed by atoms with Gasteiger partial charge in [-0.15, -0.1) is 0 Å². The van der Waals surface area contributed by atoms with Crippen LogP contribution in [0.1, 0.15) is 49.3 Å². The van der Waals surface area contributed by atoms with Crippen LogP contribution in [0.4, 0.5) is 11.8 Å². The molecule has 6 nitrogen and oxygen atoms in total. The first kappa shape index (κ1) is 16.6. The summed E-state index contributed by atoms with van der Waals surface area (Å²) in [6, 6.07) is 7.94. The second-order valence-electron chi connectivity index (χ2n) is 8.02. The number of nitrogens with one attached hydrogen (secondary N) is 2. The lowest BCUT2D eigenvalue weighted by Gasteiger charge is -2.38. The molecule has 26 heavy (non-hydrogen) atoms. The highest BCUT2D eigenvalue weighted by Crippen LogP contribution is 2.47. The third-order valence-corrected chi connectivity index (χ3v) is 5.15. The summed E-state index contributed by atoms with van der Waals surface area (Å²) in [7, 11) is 0. The molecule has 0 unspecified atom stereocenters. The number of carbonyl (C=O) groups is 1. The molecule has 134 valence electrons. The molecule has 0 spiro atoms. The smallest absolute Gasteiger partial charge is 0.258 e. The number of carbonyl (C=O) groups excluding carboxylic acids is 1. The van der Waals surface area contributed by atoms with E-state index in [1.165, 1.54) is 0 Å². The van der Waals surface area contributed by atoms with Crippen molar-refractivity contribution in [3.8, 4) is 0 Å². The number of rotatable bonds is 1. The number of allylic oxidation sites excluding steroid dienone is 2. The fourth-order valence-electron chi connectivity index (χ4n) is 4.02. The maximum atomic E-state index is 13.0. The van der Waals surface area contributed by atoms with Crippen LogP contribution in [0.2, 0.25) is 0 Å². The van der Waals surface area contributed by atoms with Gasteiger partial charge < -0.3 is 11.1 Å². The number of nitrogens with zero attached hydrogens (tertiary/aromatic N) is 1. The molecule has 1 aliphatic heterocycles. The first-order valence-electron chi connectivity index (χ1n) is 8.75. The zero-order chi connectivity index (χ0) is 18.6. The summed E-state index contributed by atoms with van der Waals surface area (Å²) in [5.74, 6) is 0.161. The Morgan fingerprint density at radius 2 is 1.85 bits per heavy atom. The number of anilines is 2. The SMILES string of the molecule is Cc1ccc([C@H]2C3=C(CC(C)(C)CC3=O)Nc3nc(N)[nH]c(=O)c32)cc1. The van der Waals surface area contributed by atoms with Crippen molar-refractivity contribution >= 4 is 17.5 Å². The van der Waals surface area contributed by atoms with Gasteiger partial charge in [-0.3, -0.25) is 14.6 Å². The zero-order valence-electron chi connectivity index (χ0n) is 15.1. The number of aryl methyl sites for hydroxylation is 1. The van der Waals surface area contributed by atoms with E-state index in [4.69, 9.17) is 5.73 Å².